The molecular weight excluding hydrogens is 367 g/mol. The molecule has 3 rings (SSSR count). The first-order chi connectivity index (χ1) is 12.0. The molecule has 0 bridgehead atoms. The molecular formula is C16H16Cl2N4O3. The molecule has 2 aromatic rings. The summed E-state index contributed by atoms with van der Waals surface area (Å²) in [6.45, 7) is 2.23. The summed E-state index contributed by atoms with van der Waals surface area (Å²) in [6.07, 6.45) is 1.40. The van der Waals surface area contributed by atoms with Gasteiger partial charge in [-0.1, -0.05) is 35.3 Å². The van der Waals surface area contributed by atoms with Gasteiger partial charge in [-0.2, -0.15) is 10.1 Å². The Bertz CT molecular complexity index is 835. The van der Waals surface area contributed by atoms with Crippen molar-refractivity contribution in [3.8, 4) is 0 Å². The minimum Gasteiger partial charge on any atom is -0.460 e. The number of halogens is 2. The summed E-state index contributed by atoms with van der Waals surface area (Å²) >= 11 is 12.6. The van der Waals surface area contributed by atoms with Crippen molar-refractivity contribution < 1.29 is 14.3 Å². The van der Waals surface area contributed by atoms with E-state index in [2.05, 4.69) is 15.4 Å². The average Bonchev–Trinajstić information content (AvgIpc) is 3.04. The van der Waals surface area contributed by atoms with E-state index in [9.17, 15) is 4.79 Å². The summed E-state index contributed by atoms with van der Waals surface area (Å²) < 4.78 is 11.8. The van der Waals surface area contributed by atoms with Crippen LogP contribution in [0.1, 0.15) is 18.5 Å². The summed E-state index contributed by atoms with van der Waals surface area (Å²) in [5, 5.41) is 8.03. The van der Waals surface area contributed by atoms with Gasteiger partial charge in [-0.15, -0.1) is 0 Å². The van der Waals surface area contributed by atoms with E-state index >= 15 is 0 Å². The molecule has 0 fully saturated rings. The molecule has 1 aliphatic heterocycles. The highest BCUT2D eigenvalue weighted by Gasteiger charge is 2.35. The lowest BCUT2D eigenvalue weighted by Gasteiger charge is -2.28. The highest BCUT2D eigenvalue weighted by Crippen LogP contribution is 2.40. The van der Waals surface area contributed by atoms with Crippen molar-refractivity contribution >= 4 is 35.1 Å². The molecule has 0 saturated heterocycles. The fraction of sp³-hybridized carbons (Fsp3) is 0.312. The number of ether oxygens (including phenoxy) is 2. The molecule has 0 amide bonds. The van der Waals surface area contributed by atoms with Gasteiger partial charge in [0.05, 0.1) is 22.2 Å². The van der Waals surface area contributed by atoms with Crippen LogP contribution in [0.3, 0.4) is 0 Å². The number of allylic oxidation sites excluding steroid dienone is 1. The van der Waals surface area contributed by atoms with Crippen LogP contribution < -0.4 is 5.32 Å². The van der Waals surface area contributed by atoms with Crippen LogP contribution in [-0.2, 0) is 14.3 Å². The van der Waals surface area contributed by atoms with Crippen molar-refractivity contribution in [1.82, 2.24) is 14.8 Å². The number of hydrogen-bond acceptors (Lipinski definition) is 6. The first kappa shape index (κ1) is 17.7. The standard InChI is InChI=1S/C16H16Cl2N4O3/c1-9-12(15(23)25-7-6-24-2)14(22-16(21-9)19-8-20-22)10-4-3-5-11(17)13(10)18/h3-5,8,14H,6-7H2,1-2H3,(H,19,20,21). The number of fused-ring (bicyclic) bond motifs is 1. The number of rotatable bonds is 5. The number of carbonyl (C=O) groups is 1. The Hall–Kier alpha value is -2.09. The number of aromatic nitrogens is 3. The zero-order chi connectivity index (χ0) is 18.0. The van der Waals surface area contributed by atoms with Gasteiger partial charge >= 0.3 is 5.97 Å². The molecule has 0 radical (unpaired) electrons. The van der Waals surface area contributed by atoms with E-state index in [1.165, 1.54) is 13.4 Å². The van der Waals surface area contributed by atoms with Crippen molar-refractivity contribution in [2.75, 3.05) is 25.6 Å². The lowest BCUT2D eigenvalue weighted by Crippen LogP contribution is -2.30. The Morgan fingerprint density at radius 3 is 2.92 bits per heavy atom. The monoisotopic (exact) mass is 382 g/mol. The van der Waals surface area contributed by atoms with Crippen LogP contribution in [0.25, 0.3) is 0 Å². The van der Waals surface area contributed by atoms with Crippen molar-refractivity contribution in [2.24, 2.45) is 0 Å². The lowest BCUT2D eigenvalue weighted by atomic mass is 9.95. The number of carbonyl (C=O) groups excluding carboxylic acids is 1. The van der Waals surface area contributed by atoms with Gasteiger partial charge < -0.3 is 14.8 Å². The number of hydrogen-bond donors (Lipinski definition) is 1. The van der Waals surface area contributed by atoms with Gasteiger partial charge in [-0.3, -0.25) is 0 Å². The SMILES string of the molecule is COCCOC(=O)C1=C(C)Nc2ncnn2C1c1cccc(Cl)c1Cl. The normalized spacial score (nSPS) is 16.4. The molecule has 25 heavy (non-hydrogen) atoms. The van der Waals surface area contributed by atoms with E-state index in [0.717, 1.165) is 0 Å². The number of methoxy groups -OCH3 is 1. The third kappa shape index (κ3) is 3.35. The Morgan fingerprint density at radius 2 is 2.16 bits per heavy atom. The summed E-state index contributed by atoms with van der Waals surface area (Å²) in [5.74, 6) is 0.0243. The quantitative estimate of drug-likeness (QED) is 0.632. The first-order valence-electron chi connectivity index (χ1n) is 7.51. The third-order valence-electron chi connectivity index (χ3n) is 3.81. The molecule has 0 aliphatic carbocycles. The fourth-order valence-corrected chi connectivity index (χ4v) is 3.08. The summed E-state index contributed by atoms with van der Waals surface area (Å²) in [7, 11) is 1.54. The first-order valence-corrected chi connectivity index (χ1v) is 8.27. The molecule has 1 aromatic heterocycles. The second-order valence-corrected chi connectivity index (χ2v) is 6.15. The zero-order valence-corrected chi connectivity index (χ0v) is 15.1. The second-order valence-electron chi connectivity index (χ2n) is 5.37. The predicted molar refractivity (Wildman–Crippen MR) is 93.8 cm³/mol. The average molecular weight is 383 g/mol. The molecule has 132 valence electrons. The van der Waals surface area contributed by atoms with Crippen LogP contribution in [-0.4, -0.2) is 41.1 Å². The smallest absolute Gasteiger partial charge is 0.338 e. The van der Waals surface area contributed by atoms with Crippen molar-refractivity contribution in [3.63, 3.8) is 0 Å². The molecule has 1 unspecified atom stereocenters. The number of nitrogens with one attached hydrogen (secondary N) is 1. The highest BCUT2D eigenvalue weighted by atomic mass is 35.5. The molecule has 1 aliphatic rings. The summed E-state index contributed by atoms with van der Waals surface area (Å²) in [6, 6.07) is 4.65. The Labute approximate surface area is 154 Å². The van der Waals surface area contributed by atoms with Gasteiger partial charge in [0.2, 0.25) is 5.95 Å². The van der Waals surface area contributed by atoms with E-state index < -0.39 is 12.0 Å². The Morgan fingerprint density at radius 1 is 1.36 bits per heavy atom. The summed E-state index contributed by atoms with van der Waals surface area (Å²) in [5.41, 5.74) is 1.64. The van der Waals surface area contributed by atoms with Crippen LogP contribution >= 0.6 is 23.2 Å². The summed E-state index contributed by atoms with van der Waals surface area (Å²) in [4.78, 5) is 16.8. The van der Waals surface area contributed by atoms with Gasteiger partial charge in [-0.25, -0.2) is 9.48 Å². The number of nitrogens with zero attached hydrogens (tertiary/aromatic N) is 3. The number of esters is 1. The molecule has 1 atom stereocenters. The maximum atomic E-state index is 12.7. The maximum absolute atomic E-state index is 12.7. The molecule has 0 spiro atoms. The molecule has 7 nitrogen and oxygen atoms in total. The van der Waals surface area contributed by atoms with Crippen molar-refractivity contribution in [2.45, 2.75) is 13.0 Å². The van der Waals surface area contributed by atoms with E-state index in [4.69, 9.17) is 32.7 Å². The minimum atomic E-state index is -0.597. The zero-order valence-electron chi connectivity index (χ0n) is 13.6. The molecule has 9 heteroatoms. The van der Waals surface area contributed by atoms with Crippen LogP contribution in [0.2, 0.25) is 10.0 Å². The lowest BCUT2D eigenvalue weighted by molar-refractivity contribution is -0.140. The van der Waals surface area contributed by atoms with Gasteiger partial charge in [-0.05, 0) is 13.0 Å². The van der Waals surface area contributed by atoms with Crippen LogP contribution in [0.4, 0.5) is 5.95 Å². The van der Waals surface area contributed by atoms with Crippen molar-refractivity contribution in [1.29, 1.82) is 0 Å². The second kappa shape index (κ2) is 7.43. The Kier molecular flexibility index (Phi) is 5.27. The Balaban J connectivity index is 2.07. The topological polar surface area (TPSA) is 78.3 Å². The van der Waals surface area contributed by atoms with E-state index in [0.29, 0.717) is 39.4 Å². The van der Waals surface area contributed by atoms with Gasteiger partial charge in [0.15, 0.2) is 0 Å². The molecule has 0 saturated carbocycles. The van der Waals surface area contributed by atoms with Crippen LogP contribution in [0.15, 0.2) is 35.8 Å². The minimum absolute atomic E-state index is 0.145. The van der Waals surface area contributed by atoms with Gasteiger partial charge in [0.25, 0.3) is 0 Å². The highest BCUT2D eigenvalue weighted by molar-refractivity contribution is 6.42. The van der Waals surface area contributed by atoms with Gasteiger partial charge in [0.1, 0.15) is 19.0 Å². The van der Waals surface area contributed by atoms with Gasteiger partial charge in [0, 0.05) is 18.4 Å². The largest absolute Gasteiger partial charge is 0.460 e. The van der Waals surface area contributed by atoms with Crippen molar-refractivity contribution in [3.05, 3.63) is 51.4 Å². The number of anilines is 1. The third-order valence-corrected chi connectivity index (χ3v) is 4.64. The van der Waals surface area contributed by atoms with Crippen LogP contribution in [0, 0.1) is 0 Å². The molecule has 2 heterocycles. The molecule has 1 N–H and O–H groups in total. The molecule has 1 aromatic carbocycles. The number of benzene rings is 1. The van der Waals surface area contributed by atoms with E-state index in [-0.39, 0.29) is 6.61 Å². The van der Waals surface area contributed by atoms with E-state index in [1.54, 1.807) is 29.8 Å². The predicted octanol–water partition coefficient (Wildman–Crippen LogP) is 3.06. The fourth-order valence-electron chi connectivity index (χ4n) is 2.67. The maximum Gasteiger partial charge on any atom is 0.338 e. The van der Waals surface area contributed by atoms with Crippen LogP contribution in [0.5, 0.6) is 0 Å². The van der Waals surface area contributed by atoms with E-state index in [1.807, 2.05) is 0 Å².